The van der Waals surface area contributed by atoms with E-state index in [1.54, 1.807) is 0 Å². The van der Waals surface area contributed by atoms with Gasteiger partial charge in [-0.1, -0.05) is 13.8 Å². The third kappa shape index (κ3) is 3.89. The Labute approximate surface area is 141 Å². The lowest BCUT2D eigenvalue weighted by molar-refractivity contribution is -0.303. The molecule has 1 saturated carbocycles. The van der Waals surface area contributed by atoms with Crippen LogP contribution in [0.25, 0.3) is 0 Å². The van der Waals surface area contributed by atoms with E-state index in [1.807, 2.05) is 13.8 Å². The van der Waals surface area contributed by atoms with Crippen LogP contribution in [0.1, 0.15) is 26.7 Å². The van der Waals surface area contributed by atoms with Gasteiger partial charge in [-0.3, -0.25) is 4.79 Å². The van der Waals surface area contributed by atoms with Gasteiger partial charge in [0.05, 0.1) is 19.1 Å². The Bertz CT molecular complexity index is 428. The van der Waals surface area contributed by atoms with Crippen molar-refractivity contribution in [3.05, 3.63) is 0 Å². The van der Waals surface area contributed by atoms with E-state index in [1.165, 1.54) is 0 Å². The van der Waals surface area contributed by atoms with Crippen LogP contribution in [0.4, 0.5) is 0 Å². The van der Waals surface area contributed by atoms with Crippen molar-refractivity contribution in [1.82, 2.24) is 0 Å². The normalized spacial score (nSPS) is 44.4. The largest absolute Gasteiger partial charge is 0.481 e. The van der Waals surface area contributed by atoms with Gasteiger partial charge in [0.15, 0.2) is 6.29 Å². The second-order valence-corrected chi connectivity index (χ2v) is 7.09. The molecule has 140 valence electrons. The monoisotopic (exact) mass is 348 g/mol. The maximum Gasteiger partial charge on any atom is 0.307 e. The molecule has 9 unspecified atom stereocenters. The molecule has 1 aliphatic heterocycles. The first-order valence-electron chi connectivity index (χ1n) is 8.42. The van der Waals surface area contributed by atoms with Crippen LogP contribution in [0, 0.1) is 23.7 Å². The third-order valence-electron chi connectivity index (χ3n) is 5.42. The molecule has 1 saturated heterocycles. The first kappa shape index (κ1) is 19.6. The van der Waals surface area contributed by atoms with E-state index in [0.29, 0.717) is 0 Å². The molecule has 1 aliphatic carbocycles. The highest BCUT2D eigenvalue weighted by Crippen LogP contribution is 2.41. The van der Waals surface area contributed by atoms with Gasteiger partial charge in [0, 0.05) is 0 Å². The van der Waals surface area contributed by atoms with Gasteiger partial charge < -0.3 is 35.0 Å². The van der Waals surface area contributed by atoms with Gasteiger partial charge in [-0.25, -0.2) is 0 Å². The number of carbonyl (C=O) groups is 1. The molecule has 5 N–H and O–H groups in total. The van der Waals surface area contributed by atoms with Crippen molar-refractivity contribution in [3.8, 4) is 0 Å². The topological polar surface area (TPSA) is 137 Å². The van der Waals surface area contributed by atoms with E-state index in [-0.39, 0.29) is 24.4 Å². The van der Waals surface area contributed by atoms with E-state index in [4.69, 9.17) is 14.6 Å². The summed E-state index contributed by atoms with van der Waals surface area (Å²) in [6, 6.07) is 0. The molecule has 24 heavy (non-hydrogen) atoms. The van der Waals surface area contributed by atoms with Gasteiger partial charge in [0.25, 0.3) is 0 Å². The minimum absolute atomic E-state index is 0.0256. The van der Waals surface area contributed by atoms with Crippen molar-refractivity contribution >= 4 is 5.97 Å². The molecule has 0 aromatic heterocycles. The molecule has 9 atom stereocenters. The predicted octanol–water partition coefficient (Wildman–Crippen LogP) is -0.814. The molecule has 0 bridgehead atoms. The number of hydrogen-bond acceptors (Lipinski definition) is 7. The molecular weight excluding hydrogens is 320 g/mol. The second kappa shape index (κ2) is 8.07. The molecule has 1 heterocycles. The first-order valence-corrected chi connectivity index (χ1v) is 8.42. The summed E-state index contributed by atoms with van der Waals surface area (Å²) in [6.07, 6.45) is -4.87. The minimum atomic E-state index is -1.48. The lowest BCUT2D eigenvalue weighted by atomic mass is 9.82. The highest BCUT2D eigenvalue weighted by Gasteiger charge is 2.45. The summed E-state index contributed by atoms with van der Waals surface area (Å²) in [6.45, 7) is 3.47. The SMILES string of the molecule is CC(COC1OC(CO)C(O)C(O)C1O)C1CCC(C)C1C(=O)O. The van der Waals surface area contributed by atoms with Gasteiger partial charge in [-0.05, 0) is 30.6 Å². The second-order valence-electron chi connectivity index (χ2n) is 7.09. The highest BCUT2D eigenvalue weighted by atomic mass is 16.7. The van der Waals surface area contributed by atoms with Crippen molar-refractivity contribution in [3.63, 3.8) is 0 Å². The Morgan fingerprint density at radius 3 is 2.46 bits per heavy atom. The van der Waals surface area contributed by atoms with Gasteiger partial charge in [0.2, 0.25) is 0 Å². The van der Waals surface area contributed by atoms with E-state index in [0.717, 1.165) is 12.8 Å². The maximum atomic E-state index is 11.5. The molecule has 2 rings (SSSR count). The standard InChI is InChI=1S/C16H28O8/c1-7-3-4-9(11(7)15(21)22)8(2)6-23-16-14(20)13(19)12(18)10(5-17)24-16/h7-14,16-20H,3-6H2,1-2H3,(H,21,22). The van der Waals surface area contributed by atoms with Crippen LogP contribution in [0.3, 0.4) is 0 Å². The Balaban J connectivity index is 1.93. The quantitative estimate of drug-likeness (QED) is 0.420. The smallest absolute Gasteiger partial charge is 0.307 e. The fourth-order valence-corrected chi connectivity index (χ4v) is 3.88. The van der Waals surface area contributed by atoms with Gasteiger partial charge in [-0.15, -0.1) is 0 Å². The summed E-state index contributed by atoms with van der Waals surface area (Å²) in [5.74, 6) is -1.20. The summed E-state index contributed by atoms with van der Waals surface area (Å²) in [7, 11) is 0. The molecule has 8 nitrogen and oxygen atoms in total. The summed E-state index contributed by atoms with van der Waals surface area (Å²) in [5, 5.41) is 48.0. The fourth-order valence-electron chi connectivity index (χ4n) is 3.88. The average Bonchev–Trinajstić information content (AvgIpc) is 2.93. The zero-order chi connectivity index (χ0) is 18.0. The Hall–Kier alpha value is -0.770. The summed E-state index contributed by atoms with van der Waals surface area (Å²) in [4.78, 5) is 11.5. The predicted molar refractivity (Wildman–Crippen MR) is 81.9 cm³/mol. The van der Waals surface area contributed by atoms with E-state index < -0.39 is 49.2 Å². The Kier molecular flexibility index (Phi) is 6.58. The Morgan fingerprint density at radius 1 is 1.21 bits per heavy atom. The van der Waals surface area contributed by atoms with Crippen molar-refractivity contribution in [2.75, 3.05) is 13.2 Å². The van der Waals surface area contributed by atoms with Crippen molar-refractivity contribution < 1.29 is 39.8 Å². The number of ether oxygens (including phenoxy) is 2. The summed E-state index contributed by atoms with van der Waals surface area (Å²) >= 11 is 0. The maximum absolute atomic E-state index is 11.5. The zero-order valence-corrected chi connectivity index (χ0v) is 14.0. The highest BCUT2D eigenvalue weighted by molar-refractivity contribution is 5.71. The van der Waals surface area contributed by atoms with Crippen LogP contribution < -0.4 is 0 Å². The van der Waals surface area contributed by atoms with Crippen molar-refractivity contribution in [2.24, 2.45) is 23.7 Å². The number of hydrogen-bond donors (Lipinski definition) is 5. The molecule has 0 aromatic carbocycles. The molecule has 2 aliphatic rings. The molecule has 0 amide bonds. The zero-order valence-electron chi connectivity index (χ0n) is 14.0. The van der Waals surface area contributed by atoms with Crippen LogP contribution in [-0.4, -0.2) is 75.4 Å². The van der Waals surface area contributed by atoms with Crippen LogP contribution in [0.5, 0.6) is 0 Å². The molecule has 0 spiro atoms. The van der Waals surface area contributed by atoms with Crippen molar-refractivity contribution in [2.45, 2.75) is 57.4 Å². The molecule has 0 radical (unpaired) electrons. The number of carboxylic acids is 1. The molecular formula is C16H28O8. The lowest BCUT2D eigenvalue weighted by Gasteiger charge is -2.40. The number of carboxylic acid groups (broad SMARTS) is 1. The van der Waals surface area contributed by atoms with E-state index >= 15 is 0 Å². The molecule has 0 aromatic rings. The van der Waals surface area contributed by atoms with E-state index in [2.05, 4.69) is 0 Å². The number of aliphatic hydroxyl groups is 4. The fraction of sp³-hybridized carbons (Fsp3) is 0.938. The van der Waals surface area contributed by atoms with Gasteiger partial charge in [0.1, 0.15) is 24.4 Å². The Morgan fingerprint density at radius 2 is 1.88 bits per heavy atom. The minimum Gasteiger partial charge on any atom is -0.481 e. The van der Waals surface area contributed by atoms with Crippen molar-refractivity contribution in [1.29, 1.82) is 0 Å². The van der Waals surface area contributed by atoms with Crippen LogP contribution in [0.15, 0.2) is 0 Å². The third-order valence-corrected chi connectivity index (χ3v) is 5.42. The summed E-state index contributed by atoms with van der Waals surface area (Å²) in [5.41, 5.74) is 0. The van der Waals surface area contributed by atoms with Gasteiger partial charge in [-0.2, -0.15) is 0 Å². The molecule has 8 heteroatoms. The number of rotatable bonds is 6. The summed E-state index contributed by atoms with van der Waals surface area (Å²) < 4.78 is 10.8. The van der Waals surface area contributed by atoms with Crippen LogP contribution in [-0.2, 0) is 14.3 Å². The average molecular weight is 348 g/mol. The van der Waals surface area contributed by atoms with E-state index in [9.17, 15) is 25.2 Å². The van der Waals surface area contributed by atoms with Gasteiger partial charge >= 0.3 is 5.97 Å². The number of aliphatic hydroxyl groups excluding tert-OH is 4. The first-order chi connectivity index (χ1) is 11.3. The molecule has 2 fully saturated rings. The van der Waals surface area contributed by atoms with Crippen LogP contribution in [0.2, 0.25) is 0 Å². The number of aliphatic carboxylic acids is 1. The van der Waals surface area contributed by atoms with Crippen LogP contribution >= 0.6 is 0 Å². The lowest BCUT2D eigenvalue weighted by Crippen LogP contribution is -2.59.